The van der Waals surface area contributed by atoms with Crippen molar-refractivity contribution < 1.29 is 19.1 Å². The van der Waals surface area contributed by atoms with Crippen molar-refractivity contribution in [3.8, 4) is 5.75 Å². The second-order valence-electron chi connectivity index (χ2n) is 6.27. The number of methoxy groups -OCH3 is 2. The number of unbranched alkanes of at least 4 members (excludes halogenated alkanes) is 1. The van der Waals surface area contributed by atoms with Gasteiger partial charge in [0.05, 0.1) is 14.2 Å². The lowest BCUT2D eigenvalue weighted by Crippen LogP contribution is -2.39. The zero-order chi connectivity index (χ0) is 18.0. The van der Waals surface area contributed by atoms with E-state index < -0.39 is 0 Å². The minimum absolute atomic E-state index is 0.00577. The minimum Gasteiger partial charge on any atom is -0.497 e. The Morgan fingerprint density at radius 2 is 2.08 bits per heavy atom. The van der Waals surface area contributed by atoms with Gasteiger partial charge in [0.1, 0.15) is 18.0 Å². The van der Waals surface area contributed by atoms with Crippen molar-refractivity contribution in [1.82, 2.24) is 9.47 Å². The fourth-order valence-electron chi connectivity index (χ4n) is 3.45. The molecule has 6 heteroatoms. The van der Waals surface area contributed by atoms with Crippen molar-refractivity contribution in [3.63, 3.8) is 0 Å². The summed E-state index contributed by atoms with van der Waals surface area (Å²) < 4.78 is 11.9. The summed E-state index contributed by atoms with van der Waals surface area (Å²) in [4.78, 5) is 26.8. The van der Waals surface area contributed by atoms with E-state index in [0.29, 0.717) is 12.2 Å². The molecule has 0 N–H and O–H groups in total. The van der Waals surface area contributed by atoms with E-state index in [-0.39, 0.29) is 18.4 Å². The van der Waals surface area contributed by atoms with Gasteiger partial charge < -0.3 is 18.9 Å². The molecule has 1 aliphatic heterocycles. The third kappa shape index (κ3) is 3.08. The van der Waals surface area contributed by atoms with E-state index in [1.54, 1.807) is 11.7 Å². The highest BCUT2D eigenvalue weighted by Gasteiger charge is 2.31. The Balaban J connectivity index is 2.13. The summed E-state index contributed by atoms with van der Waals surface area (Å²) in [5.74, 6) is 0.370. The number of benzene rings is 1. The van der Waals surface area contributed by atoms with Gasteiger partial charge in [0, 0.05) is 24.0 Å². The molecule has 1 aromatic carbocycles. The monoisotopic (exact) mass is 344 g/mol. The van der Waals surface area contributed by atoms with Crippen molar-refractivity contribution in [1.29, 1.82) is 0 Å². The minimum atomic E-state index is -0.367. The number of carbonyl (C=O) groups is 2. The van der Waals surface area contributed by atoms with E-state index in [9.17, 15) is 9.59 Å². The number of aromatic nitrogens is 1. The standard InChI is InChI=1S/C19H24N2O4/c1-4-5-9-20-10-8-14-15-11-13(24-2)6-7-16(15)21(12-17(22)25-3)18(14)19(20)23/h6-7,11H,4-5,8-10,12H2,1-3H3. The highest BCUT2D eigenvalue weighted by molar-refractivity contribution is 6.03. The van der Waals surface area contributed by atoms with Gasteiger partial charge in [0.2, 0.25) is 0 Å². The summed E-state index contributed by atoms with van der Waals surface area (Å²) in [5.41, 5.74) is 2.47. The Morgan fingerprint density at radius 3 is 2.76 bits per heavy atom. The molecule has 0 radical (unpaired) electrons. The van der Waals surface area contributed by atoms with Crippen LogP contribution in [0.3, 0.4) is 0 Å². The van der Waals surface area contributed by atoms with E-state index in [1.165, 1.54) is 7.11 Å². The molecule has 6 nitrogen and oxygen atoms in total. The summed E-state index contributed by atoms with van der Waals surface area (Å²) in [7, 11) is 2.98. The van der Waals surface area contributed by atoms with Gasteiger partial charge in [-0.05, 0) is 36.6 Å². The van der Waals surface area contributed by atoms with Crippen molar-refractivity contribution in [2.24, 2.45) is 0 Å². The van der Waals surface area contributed by atoms with Crippen LogP contribution in [0.1, 0.15) is 35.8 Å². The Bertz CT molecular complexity index is 809. The summed E-state index contributed by atoms with van der Waals surface area (Å²) in [5, 5.41) is 0.974. The third-order valence-electron chi connectivity index (χ3n) is 4.79. The molecule has 0 saturated carbocycles. The number of hydrogen-bond acceptors (Lipinski definition) is 4. The molecule has 134 valence electrons. The molecular weight excluding hydrogens is 320 g/mol. The molecular formula is C19H24N2O4. The number of hydrogen-bond donors (Lipinski definition) is 0. The Kier molecular flexibility index (Phi) is 4.97. The van der Waals surface area contributed by atoms with E-state index in [2.05, 4.69) is 6.92 Å². The van der Waals surface area contributed by atoms with Crippen LogP contribution in [0, 0.1) is 0 Å². The van der Waals surface area contributed by atoms with Gasteiger partial charge in [-0.2, -0.15) is 0 Å². The van der Waals surface area contributed by atoms with Crippen LogP contribution < -0.4 is 4.74 Å². The maximum Gasteiger partial charge on any atom is 0.325 e. The molecule has 0 unspecified atom stereocenters. The van der Waals surface area contributed by atoms with Crippen LogP contribution in [0.15, 0.2) is 18.2 Å². The van der Waals surface area contributed by atoms with Gasteiger partial charge in [-0.25, -0.2) is 0 Å². The first-order valence-corrected chi connectivity index (χ1v) is 8.65. The largest absolute Gasteiger partial charge is 0.497 e. The lowest BCUT2D eigenvalue weighted by molar-refractivity contribution is -0.141. The quantitative estimate of drug-likeness (QED) is 0.756. The van der Waals surface area contributed by atoms with Crippen molar-refractivity contribution in [2.75, 3.05) is 27.3 Å². The molecule has 0 spiro atoms. The topological polar surface area (TPSA) is 60.8 Å². The van der Waals surface area contributed by atoms with Crippen LogP contribution in [-0.2, 0) is 22.5 Å². The molecule has 0 bridgehead atoms. The van der Waals surface area contributed by atoms with Gasteiger partial charge in [0.15, 0.2) is 0 Å². The molecule has 2 heterocycles. The number of nitrogens with zero attached hydrogens (tertiary/aromatic N) is 2. The molecule has 1 aromatic heterocycles. The van der Waals surface area contributed by atoms with Crippen molar-refractivity contribution in [2.45, 2.75) is 32.7 Å². The summed E-state index contributed by atoms with van der Waals surface area (Å²) in [6, 6.07) is 5.69. The number of rotatable bonds is 6. The lowest BCUT2D eigenvalue weighted by Gasteiger charge is -2.28. The predicted molar refractivity (Wildman–Crippen MR) is 95.0 cm³/mol. The molecule has 0 saturated heterocycles. The van der Waals surface area contributed by atoms with Crippen molar-refractivity contribution >= 4 is 22.8 Å². The Morgan fingerprint density at radius 1 is 1.28 bits per heavy atom. The number of fused-ring (bicyclic) bond motifs is 3. The number of amides is 1. The summed E-state index contributed by atoms with van der Waals surface area (Å²) in [6.07, 6.45) is 2.80. The lowest BCUT2D eigenvalue weighted by atomic mass is 10.0. The van der Waals surface area contributed by atoms with E-state index >= 15 is 0 Å². The van der Waals surface area contributed by atoms with Crippen LogP contribution in [0.4, 0.5) is 0 Å². The second-order valence-corrected chi connectivity index (χ2v) is 6.27. The highest BCUT2D eigenvalue weighted by atomic mass is 16.5. The second kappa shape index (κ2) is 7.17. The first-order valence-electron chi connectivity index (χ1n) is 8.65. The zero-order valence-corrected chi connectivity index (χ0v) is 15.0. The first-order chi connectivity index (χ1) is 12.1. The van der Waals surface area contributed by atoms with Crippen LogP contribution in [0.25, 0.3) is 10.9 Å². The van der Waals surface area contributed by atoms with Crippen LogP contribution in [0.2, 0.25) is 0 Å². The molecule has 0 fully saturated rings. The van der Waals surface area contributed by atoms with Gasteiger partial charge in [0.25, 0.3) is 5.91 Å². The maximum atomic E-state index is 13.1. The van der Waals surface area contributed by atoms with Crippen LogP contribution in [0.5, 0.6) is 5.75 Å². The molecule has 0 atom stereocenters. The molecule has 3 rings (SSSR count). The normalized spacial score (nSPS) is 13.9. The average molecular weight is 344 g/mol. The molecule has 1 amide bonds. The molecule has 2 aromatic rings. The van der Waals surface area contributed by atoms with E-state index in [0.717, 1.165) is 48.0 Å². The fourth-order valence-corrected chi connectivity index (χ4v) is 3.45. The van der Waals surface area contributed by atoms with Crippen LogP contribution in [-0.4, -0.2) is 48.7 Å². The zero-order valence-electron chi connectivity index (χ0n) is 15.0. The van der Waals surface area contributed by atoms with Gasteiger partial charge in [-0.3, -0.25) is 9.59 Å². The first kappa shape index (κ1) is 17.3. The van der Waals surface area contributed by atoms with E-state index in [1.807, 2.05) is 23.1 Å². The van der Waals surface area contributed by atoms with Crippen LogP contribution >= 0.6 is 0 Å². The fraction of sp³-hybridized carbons (Fsp3) is 0.474. The SMILES string of the molecule is CCCCN1CCc2c(n(CC(=O)OC)c3ccc(OC)cc23)C1=O. The highest BCUT2D eigenvalue weighted by Crippen LogP contribution is 2.33. The summed E-state index contributed by atoms with van der Waals surface area (Å²) in [6.45, 7) is 3.60. The average Bonchev–Trinajstić information content (AvgIpc) is 2.94. The number of carbonyl (C=O) groups excluding carboxylic acids is 2. The molecule has 25 heavy (non-hydrogen) atoms. The number of esters is 1. The number of ether oxygens (including phenoxy) is 2. The Labute approximate surface area is 147 Å². The predicted octanol–water partition coefficient (Wildman–Crippen LogP) is 2.62. The van der Waals surface area contributed by atoms with Gasteiger partial charge >= 0.3 is 5.97 Å². The smallest absolute Gasteiger partial charge is 0.325 e. The molecule has 0 aliphatic carbocycles. The third-order valence-corrected chi connectivity index (χ3v) is 4.79. The van der Waals surface area contributed by atoms with Gasteiger partial charge in [-0.1, -0.05) is 13.3 Å². The molecule has 1 aliphatic rings. The van der Waals surface area contributed by atoms with Gasteiger partial charge in [-0.15, -0.1) is 0 Å². The van der Waals surface area contributed by atoms with Crippen molar-refractivity contribution in [3.05, 3.63) is 29.5 Å². The van der Waals surface area contributed by atoms with E-state index in [4.69, 9.17) is 9.47 Å². The Hall–Kier alpha value is -2.50. The maximum absolute atomic E-state index is 13.1. The summed E-state index contributed by atoms with van der Waals surface area (Å²) >= 11 is 0.